The summed E-state index contributed by atoms with van der Waals surface area (Å²) in [7, 11) is 1.34. The highest BCUT2D eigenvalue weighted by molar-refractivity contribution is 6.76. The monoisotopic (exact) mass is 270 g/mol. The topological polar surface area (TPSA) is 29.3 Å². The fraction of sp³-hybridized carbons (Fsp3) is 1.00. The van der Waals surface area contributed by atoms with Crippen molar-refractivity contribution in [3.8, 4) is 0 Å². The summed E-state index contributed by atoms with van der Waals surface area (Å²) in [5.41, 5.74) is 6.31. The molecule has 0 spiro atoms. The summed E-state index contributed by atoms with van der Waals surface area (Å²) < 4.78 is 0. The second kappa shape index (κ2) is 7.66. The molecule has 1 aliphatic rings. The van der Waals surface area contributed by atoms with Crippen molar-refractivity contribution < 1.29 is 0 Å². The van der Waals surface area contributed by atoms with Gasteiger partial charge in [-0.2, -0.15) is 0 Å². The molecule has 0 heterocycles. The third-order valence-electron chi connectivity index (χ3n) is 4.15. The van der Waals surface area contributed by atoms with Crippen LogP contribution in [0.2, 0.25) is 25.7 Å². The number of hydrogen-bond donors (Lipinski definition) is 1. The number of nitrogens with two attached hydrogens (primary N) is 1. The van der Waals surface area contributed by atoms with Crippen molar-refractivity contribution in [3.63, 3.8) is 0 Å². The molecule has 2 N–H and O–H groups in total. The zero-order valence-electron chi connectivity index (χ0n) is 13.0. The zero-order chi connectivity index (χ0) is 13.6. The molecule has 1 fully saturated rings. The maximum absolute atomic E-state index is 6.31. The van der Waals surface area contributed by atoms with Crippen LogP contribution in [0.1, 0.15) is 38.5 Å². The van der Waals surface area contributed by atoms with Gasteiger partial charge >= 0.3 is 0 Å². The quantitative estimate of drug-likeness (QED) is 0.717. The van der Waals surface area contributed by atoms with E-state index >= 15 is 0 Å². The van der Waals surface area contributed by atoms with Crippen molar-refractivity contribution in [3.05, 3.63) is 0 Å². The lowest BCUT2D eigenvalue weighted by Gasteiger charge is -2.28. The minimum absolute atomic E-state index is 0.389. The first-order valence-electron chi connectivity index (χ1n) is 7.81. The molecule has 108 valence electrons. The van der Waals surface area contributed by atoms with Crippen molar-refractivity contribution in [1.82, 2.24) is 4.90 Å². The highest BCUT2D eigenvalue weighted by Gasteiger charge is 2.19. The van der Waals surface area contributed by atoms with Gasteiger partial charge in [0.05, 0.1) is 0 Å². The maximum atomic E-state index is 6.31. The number of nitrogens with zero attached hydrogens (tertiary/aromatic N) is 1. The Morgan fingerprint density at radius 2 is 1.78 bits per heavy atom. The molecule has 1 aliphatic carbocycles. The first-order valence-corrected chi connectivity index (χ1v) is 11.5. The Balaban J connectivity index is 2.16. The van der Waals surface area contributed by atoms with Crippen LogP contribution in [0.5, 0.6) is 0 Å². The second-order valence-corrected chi connectivity index (χ2v) is 13.2. The fourth-order valence-electron chi connectivity index (χ4n) is 2.94. The van der Waals surface area contributed by atoms with Gasteiger partial charge in [-0.15, -0.1) is 0 Å². The van der Waals surface area contributed by atoms with Gasteiger partial charge < -0.3 is 10.6 Å². The van der Waals surface area contributed by atoms with E-state index < -0.39 is 8.07 Å². The second-order valence-electron chi connectivity index (χ2n) is 7.57. The third kappa shape index (κ3) is 7.55. The van der Waals surface area contributed by atoms with E-state index in [9.17, 15) is 0 Å². The van der Waals surface area contributed by atoms with E-state index in [1.54, 1.807) is 0 Å². The van der Waals surface area contributed by atoms with E-state index in [1.807, 2.05) is 0 Å². The van der Waals surface area contributed by atoms with E-state index in [2.05, 4.69) is 31.6 Å². The molecule has 0 aliphatic heterocycles. The van der Waals surface area contributed by atoms with Gasteiger partial charge in [-0.3, -0.25) is 0 Å². The van der Waals surface area contributed by atoms with Crippen molar-refractivity contribution >= 4 is 8.07 Å². The number of likely N-dealkylation sites (N-methyl/N-ethyl adjacent to an activating group) is 1. The lowest BCUT2D eigenvalue weighted by molar-refractivity contribution is 0.268. The molecule has 0 bridgehead atoms. The average molecular weight is 271 g/mol. The molecule has 0 aromatic rings. The molecule has 3 heteroatoms. The summed E-state index contributed by atoms with van der Waals surface area (Å²) in [5.74, 6) is 0.916. The summed E-state index contributed by atoms with van der Waals surface area (Å²) in [5, 5.41) is 0. The molecule has 0 aromatic carbocycles. The van der Waals surface area contributed by atoms with Crippen LogP contribution >= 0.6 is 0 Å². The van der Waals surface area contributed by atoms with Gasteiger partial charge in [0.2, 0.25) is 0 Å². The Morgan fingerprint density at radius 3 is 2.33 bits per heavy atom. The molecule has 1 atom stereocenters. The molecule has 1 rings (SSSR count). The molecule has 0 unspecified atom stereocenters. The number of rotatable bonds is 7. The molecular weight excluding hydrogens is 236 g/mol. The molecular formula is C15H34N2Si. The van der Waals surface area contributed by atoms with Crippen LogP contribution in [-0.2, 0) is 0 Å². The maximum Gasteiger partial charge on any atom is 0.0455 e. The molecule has 2 nitrogen and oxygen atoms in total. The Hall–Kier alpha value is 0.137. The molecule has 18 heavy (non-hydrogen) atoms. The van der Waals surface area contributed by atoms with Crippen LogP contribution in [0.4, 0.5) is 0 Å². The van der Waals surface area contributed by atoms with Crippen LogP contribution in [0.3, 0.4) is 0 Å². The van der Waals surface area contributed by atoms with Crippen molar-refractivity contribution in [1.29, 1.82) is 0 Å². The molecule has 0 radical (unpaired) electrons. The Kier molecular flexibility index (Phi) is 6.89. The minimum Gasteiger partial charge on any atom is -0.327 e. The van der Waals surface area contributed by atoms with Gasteiger partial charge in [0.25, 0.3) is 0 Å². The largest absolute Gasteiger partial charge is 0.327 e. The van der Waals surface area contributed by atoms with Crippen molar-refractivity contribution in [2.45, 2.75) is 70.3 Å². The summed E-state index contributed by atoms with van der Waals surface area (Å²) in [6, 6.07) is 1.78. The molecule has 1 saturated carbocycles. The van der Waals surface area contributed by atoms with Crippen LogP contribution in [0.25, 0.3) is 0 Å². The summed E-state index contributed by atoms with van der Waals surface area (Å²) >= 11 is 0. The predicted molar refractivity (Wildman–Crippen MR) is 84.8 cm³/mol. The first kappa shape index (κ1) is 16.2. The molecule has 0 saturated heterocycles. The smallest absolute Gasteiger partial charge is 0.0455 e. The normalized spacial score (nSPS) is 20.3. The lowest BCUT2D eigenvalue weighted by atomic mass is 9.85. The van der Waals surface area contributed by atoms with E-state index in [4.69, 9.17) is 5.73 Å². The predicted octanol–water partition coefficient (Wildman–Crippen LogP) is 3.55. The van der Waals surface area contributed by atoms with Crippen molar-refractivity contribution in [2.24, 2.45) is 11.7 Å². The van der Waals surface area contributed by atoms with E-state index in [0.717, 1.165) is 12.5 Å². The van der Waals surface area contributed by atoms with E-state index in [1.165, 1.54) is 51.1 Å². The summed E-state index contributed by atoms with van der Waals surface area (Å²) in [6.07, 6.45) is 8.41. The van der Waals surface area contributed by atoms with E-state index in [0.29, 0.717) is 6.04 Å². The molecule has 0 aromatic heterocycles. The van der Waals surface area contributed by atoms with Crippen molar-refractivity contribution in [2.75, 3.05) is 20.1 Å². The fourth-order valence-corrected chi connectivity index (χ4v) is 4.00. The summed E-state index contributed by atoms with van der Waals surface area (Å²) in [6.45, 7) is 9.66. The first-order chi connectivity index (χ1) is 8.37. The van der Waals surface area contributed by atoms with Crippen LogP contribution in [-0.4, -0.2) is 39.2 Å². The highest BCUT2D eigenvalue weighted by Crippen LogP contribution is 2.27. The van der Waals surface area contributed by atoms with Gasteiger partial charge in [-0.1, -0.05) is 51.7 Å². The number of hydrogen-bond acceptors (Lipinski definition) is 2. The van der Waals surface area contributed by atoms with Crippen LogP contribution < -0.4 is 5.73 Å². The Bertz CT molecular complexity index is 219. The standard InChI is InChI=1S/C15H34N2Si/c1-17(10-11-18(2,3)4)13-15(16)12-14-8-6-5-7-9-14/h14-15H,5-13,16H2,1-4H3/t15-/m0/s1. The van der Waals surface area contributed by atoms with E-state index in [-0.39, 0.29) is 0 Å². The van der Waals surface area contributed by atoms with Gasteiger partial charge in [-0.05, 0) is 32.0 Å². The Morgan fingerprint density at radius 1 is 1.17 bits per heavy atom. The SMILES string of the molecule is CN(CC[Si](C)(C)C)C[C@@H](N)CC1CCCCC1. The third-order valence-corrected chi connectivity index (χ3v) is 5.87. The van der Waals surface area contributed by atoms with Gasteiger partial charge in [0.15, 0.2) is 0 Å². The van der Waals surface area contributed by atoms with Crippen LogP contribution in [0, 0.1) is 5.92 Å². The summed E-state index contributed by atoms with van der Waals surface area (Å²) in [4.78, 5) is 2.45. The molecule has 0 amide bonds. The average Bonchev–Trinajstić information content (AvgIpc) is 2.26. The zero-order valence-corrected chi connectivity index (χ0v) is 14.0. The lowest BCUT2D eigenvalue weighted by Crippen LogP contribution is -2.39. The van der Waals surface area contributed by atoms with Gasteiger partial charge in [0, 0.05) is 20.7 Å². The Labute approximate surface area is 115 Å². The van der Waals surface area contributed by atoms with Crippen LogP contribution in [0.15, 0.2) is 0 Å². The van der Waals surface area contributed by atoms with Gasteiger partial charge in [-0.25, -0.2) is 0 Å². The van der Waals surface area contributed by atoms with Gasteiger partial charge in [0.1, 0.15) is 0 Å². The highest BCUT2D eigenvalue weighted by atomic mass is 28.3. The minimum atomic E-state index is -0.896.